The van der Waals surface area contributed by atoms with Crippen LogP contribution in [0, 0.1) is 0 Å². The van der Waals surface area contributed by atoms with Crippen LogP contribution in [0.15, 0.2) is 30.3 Å². The van der Waals surface area contributed by atoms with E-state index < -0.39 is 0 Å². The van der Waals surface area contributed by atoms with Gasteiger partial charge >= 0.3 is 37.7 Å². The van der Waals surface area contributed by atoms with Crippen LogP contribution in [0.1, 0.15) is 28.2 Å². The maximum Gasteiger partial charge on any atom is 1.00 e. The Morgan fingerprint density at radius 3 is 1.73 bits per heavy atom. The Morgan fingerprint density at radius 2 is 1.45 bits per heavy atom. The zero-order valence-electron chi connectivity index (χ0n) is 9.96. The predicted octanol–water partition coefficient (Wildman–Crippen LogP) is -2.96. The molecule has 1 aromatic carbocycles. The normalized spacial score (nSPS) is 8.27. The van der Waals surface area contributed by atoms with Crippen LogP contribution in [-0.4, -0.2) is 0 Å². The molecule has 2 heteroatoms. The van der Waals surface area contributed by atoms with E-state index in [4.69, 9.17) is 0 Å². The number of hydrogen-bond acceptors (Lipinski definition) is 0. The molecule has 0 saturated heterocycles. The van der Waals surface area contributed by atoms with Crippen LogP contribution in [0.5, 0.6) is 0 Å². The van der Waals surface area contributed by atoms with Crippen LogP contribution in [0.3, 0.4) is 0 Å². The average Bonchev–Trinajstić information content (AvgIpc) is 1.90. The molecule has 0 spiro atoms. The van der Waals surface area contributed by atoms with E-state index in [-0.39, 0.29) is 40.6 Å². The molecule has 0 atom stereocenters. The first-order valence-corrected chi connectivity index (χ1v) is 3.35. The monoisotopic (exact) mass is 136 g/mol. The Hall–Kier alpha value is 0.415. The maximum atomic E-state index is 2.20. The summed E-state index contributed by atoms with van der Waals surface area (Å²) in [5.41, 5.74) is 1.41. The summed E-state index contributed by atoms with van der Waals surface area (Å²) in [6.45, 7) is 4.41. The van der Waals surface area contributed by atoms with Gasteiger partial charge in [0.25, 0.3) is 0 Å². The van der Waals surface area contributed by atoms with Crippen molar-refractivity contribution in [3.8, 4) is 0 Å². The zero-order chi connectivity index (χ0) is 6.69. The van der Waals surface area contributed by atoms with Gasteiger partial charge in [-0.3, -0.25) is 0 Å². The summed E-state index contributed by atoms with van der Waals surface area (Å²) in [4.78, 5) is 0. The van der Waals surface area contributed by atoms with E-state index in [0.717, 1.165) is 0 Å². The van der Waals surface area contributed by atoms with Crippen LogP contribution in [0.2, 0.25) is 0 Å². The van der Waals surface area contributed by atoms with Gasteiger partial charge in [0.15, 0.2) is 0 Å². The van der Waals surface area contributed by atoms with Gasteiger partial charge in [-0.25, -0.2) is 0 Å². The molecule has 0 radical (unpaired) electrons. The van der Waals surface area contributed by atoms with Gasteiger partial charge in [0, 0.05) is 0 Å². The van der Waals surface area contributed by atoms with Crippen LogP contribution >= 0.6 is 0 Å². The Bertz CT molecular complexity index is 178. The van der Waals surface area contributed by atoms with Gasteiger partial charge in [-0.1, -0.05) is 44.2 Å². The number of hydrogen-bond donors (Lipinski definition) is 0. The van der Waals surface area contributed by atoms with Crippen molar-refractivity contribution in [2.75, 3.05) is 0 Å². The topological polar surface area (TPSA) is 0 Å². The van der Waals surface area contributed by atoms with E-state index in [1.165, 1.54) is 5.56 Å². The van der Waals surface area contributed by atoms with Crippen molar-refractivity contribution < 1.29 is 40.6 Å². The molecule has 0 fully saturated rings. The third-order valence-corrected chi connectivity index (χ3v) is 1.47. The van der Waals surface area contributed by atoms with Crippen LogP contribution < -0.4 is 37.7 Å². The quantitative estimate of drug-likeness (QED) is 0.362. The van der Waals surface area contributed by atoms with Crippen LogP contribution in [0.25, 0.3) is 0 Å². The molecule has 0 aliphatic heterocycles. The summed E-state index contributed by atoms with van der Waals surface area (Å²) < 4.78 is 0. The fraction of sp³-hybridized carbons (Fsp3) is 0.333. The largest absolute Gasteiger partial charge is 1.00 e. The van der Waals surface area contributed by atoms with E-state index in [2.05, 4.69) is 38.1 Å². The minimum atomic E-state index is 0. The van der Waals surface area contributed by atoms with E-state index >= 15 is 0 Å². The Kier molecular flexibility index (Phi) is 9.00. The number of benzene rings is 1. The molecule has 0 heterocycles. The molecule has 0 aliphatic rings. The van der Waals surface area contributed by atoms with Crippen molar-refractivity contribution in [3.05, 3.63) is 35.9 Å². The second kappa shape index (κ2) is 7.08. The first-order valence-electron chi connectivity index (χ1n) is 3.35. The molecular formula is C9H14Li2. The smallest absolute Gasteiger partial charge is 1.00 e. The molecule has 0 amide bonds. The summed E-state index contributed by atoms with van der Waals surface area (Å²) in [6, 6.07) is 10.5. The third-order valence-electron chi connectivity index (χ3n) is 1.47. The molecule has 0 aliphatic carbocycles. The summed E-state index contributed by atoms with van der Waals surface area (Å²) in [5.74, 6) is 0.659. The fourth-order valence-electron chi connectivity index (χ4n) is 0.838. The standard InChI is InChI=1S/C9H12.2Li.2H/c1-8(2)9-6-4-3-5-7-9;;;;/h3-8H,1-2H3;;;;/q;2*+1;2*-1. The van der Waals surface area contributed by atoms with Crippen molar-refractivity contribution in [1.82, 2.24) is 0 Å². The maximum absolute atomic E-state index is 2.20. The second-order valence-electron chi connectivity index (χ2n) is 2.57. The van der Waals surface area contributed by atoms with Crippen molar-refractivity contribution in [2.24, 2.45) is 0 Å². The van der Waals surface area contributed by atoms with Gasteiger partial charge in [0.05, 0.1) is 0 Å². The summed E-state index contributed by atoms with van der Waals surface area (Å²) in [6.07, 6.45) is 0. The summed E-state index contributed by atoms with van der Waals surface area (Å²) in [7, 11) is 0. The molecule has 52 valence electrons. The van der Waals surface area contributed by atoms with Gasteiger partial charge < -0.3 is 2.85 Å². The van der Waals surface area contributed by atoms with Crippen molar-refractivity contribution >= 4 is 0 Å². The zero-order valence-corrected chi connectivity index (χ0v) is 7.96. The van der Waals surface area contributed by atoms with Crippen molar-refractivity contribution in [2.45, 2.75) is 19.8 Å². The minimum Gasteiger partial charge on any atom is -1.00 e. The van der Waals surface area contributed by atoms with E-state index in [9.17, 15) is 0 Å². The van der Waals surface area contributed by atoms with Crippen LogP contribution in [0.4, 0.5) is 0 Å². The molecular weight excluding hydrogens is 122 g/mol. The van der Waals surface area contributed by atoms with Gasteiger partial charge in [0.1, 0.15) is 0 Å². The molecule has 0 saturated carbocycles. The molecule has 0 bridgehead atoms. The second-order valence-corrected chi connectivity index (χ2v) is 2.57. The average molecular weight is 136 g/mol. The molecule has 1 aromatic rings. The number of rotatable bonds is 1. The summed E-state index contributed by atoms with van der Waals surface area (Å²) >= 11 is 0. The first-order chi connectivity index (χ1) is 4.30. The Morgan fingerprint density at radius 1 is 1.00 bits per heavy atom. The third kappa shape index (κ3) is 4.78. The Labute approximate surface area is 96.1 Å². The first kappa shape index (κ1) is 14.0. The van der Waals surface area contributed by atoms with E-state index in [1.807, 2.05) is 6.07 Å². The molecule has 11 heavy (non-hydrogen) atoms. The Balaban J connectivity index is -0.000000101. The van der Waals surface area contributed by atoms with Crippen LogP contribution in [-0.2, 0) is 0 Å². The van der Waals surface area contributed by atoms with E-state index in [0.29, 0.717) is 5.92 Å². The SMILES string of the molecule is CC(C)c1ccccc1.[H-].[H-].[Li+].[Li+]. The van der Waals surface area contributed by atoms with Crippen molar-refractivity contribution in [3.63, 3.8) is 0 Å². The van der Waals surface area contributed by atoms with Gasteiger partial charge in [-0.15, -0.1) is 0 Å². The molecule has 0 N–H and O–H groups in total. The van der Waals surface area contributed by atoms with Gasteiger partial charge in [0.2, 0.25) is 0 Å². The van der Waals surface area contributed by atoms with Crippen molar-refractivity contribution in [1.29, 1.82) is 0 Å². The molecule has 0 unspecified atom stereocenters. The molecule has 0 aromatic heterocycles. The summed E-state index contributed by atoms with van der Waals surface area (Å²) in [5, 5.41) is 0. The molecule has 0 nitrogen and oxygen atoms in total. The van der Waals surface area contributed by atoms with E-state index in [1.54, 1.807) is 0 Å². The fourth-order valence-corrected chi connectivity index (χ4v) is 0.838. The van der Waals surface area contributed by atoms with Gasteiger partial charge in [-0.2, -0.15) is 0 Å². The minimum absolute atomic E-state index is 0. The predicted molar refractivity (Wildman–Crippen MR) is 42.8 cm³/mol. The molecule has 1 rings (SSSR count). The van der Waals surface area contributed by atoms with Gasteiger partial charge in [-0.05, 0) is 11.5 Å².